The highest BCUT2D eigenvalue weighted by molar-refractivity contribution is 6.33. The van der Waals surface area contributed by atoms with Gasteiger partial charge in [-0.3, -0.25) is 14.7 Å². The zero-order valence-corrected chi connectivity index (χ0v) is 13.6. The summed E-state index contributed by atoms with van der Waals surface area (Å²) in [7, 11) is 1.61. The molecule has 0 amide bonds. The fourth-order valence-electron chi connectivity index (χ4n) is 3.54. The summed E-state index contributed by atoms with van der Waals surface area (Å²) in [6.07, 6.45) is 4.72. The highest BCUT2D eigenvalue weighted by Gasteiger charge is 2.45. The molecule has 120 valence electrons. The van der Waals surface area contributed by atoms with Gasteiger partial charge in [0.1, 0.15) is 5.02 Å². The van der Waals surface area contributed by atoms with E-state index in [0.717, 1.165) is 31.0 Å². The number of hydrogen-bond acceptors (Lipinski definition) is 5. The van der Waals surface area contributed by atoms with Crippen molar-refractivity contribution in [2.45, 2.75) is 25.0 Å². The largest absolute Gasteiger partial charge is 0.366 e. The zero-order chi connectivity index (χ0) is 16.0. The summed E-state index contributed by atoms with van der Waals surface area (Å²) in [5.41, 5.74) is 1.61. The van der Waals surface area contributed by atoms with E-state index in [-0.39, 0.29) is 10.6 Å². The number of nitrogens with zero attached hydrogens (tertiary/aromatic N) is 5. The predicted octanol–water partition coefficient (Wildman–Crippen LogP) is 1.29. The molecule has 0 N–H and O–H groups in total. The van der Waals surface area contributed by atoms with E-state index < -0.39 is 0 Å². The van der Waals surface area contributed by atoms with Crippen LogP contribution in [0.15, 0.2) is 35.4 Å². The van der Waals surface area contributed by atoms with E-state index in [2.05, 4.69) is 25.9 Å². The summed E-state index contributed by atoms with van der Waals surface area (Å²) in [4.78, 5) is 21.0. The molecule has 23 heavy (non-hydrogen) atoms. The Kier molecular flexibility index (Phi) is 3.58. The molecule has 2 atom stereocenters. The molecule has 2 aromatic rings. The van der Waals surface area contributed by atoms with Gasteiger partial charge >= 0.3 is 0 Å². The van der Waals surface area contributed by atoms with Crippen molar-refractivity contribution in [1.29, 1.82) is 0 Å². The van der Waals surface area contributed by atoms with Crippen LogP contribution in [0.3, 0.4) is 0 Å². The molecule has 5 heterocycles. The third-order valence-electron chi connectivity index (χ3n) is 4.82. The number of rotatable bonds is 3. The molecule has 2 unspecified atom stereocenters. The smallest absolute Gasteiger partial charge is 0.287 e. The second-order valence-electron chi connectivity index (χ2n) is 6.21. The second kappa shape index (κ2) is 5.62. The Balaban J connectivity index is 1.49. The summed E-state index contributed by atoms with van der Waals surface area (Å²) in [6, 6.07) is 6.99. The van der Waals surface area contributed by atoms with Gasteiger partial charge in [0.05, 0.1) is 17.6 Å². The number of fused-ring (bicyclic) bond motifs is 2. The monoisotopic (exact) mass is 331 g/mol. The fourth-order valence-corrected chi connectivity index (χ4v) is 3.83. The third kappa shape index (κ3) is 2.52. The number of hydrogen-bond donors (Lipinski definition) is 0. The third-order valence-corrected chi connectivity index (χ3v) is 5.17. The van der Waals surface area contributed by atoms with Gasteiger partial charge in [-0.1, -0.05) is 17.7 Å². The van der Waals surface area contributed by atoms with Gasteiger partial charge in [0.25, 0.3) is 5.56 Å². The maximum atomic E-state index is 12.0. The van der Waals surface area contributed by atoms with Gasteiger partial charge in [-0.2, -0.15) is 5.10 Å². The van der Waals surface area contributed by atoms with Crippen LogP contribution in [0.25, 0.3) is 0 Å². The molecule has 3 fully saturated rings. The van der Waals surface area contributed by atoms with Gasteiger partial charge in [0.15, 0.2) is 0 Å². The lowest BCUT2D eigenvalue weighted by molar-refractivity contribution is -0.00946. The quantitative estimate of drug-likeness (QED) is 0.848. The first-order valence-electron chi connectivity index (χ1n) is 7.76. The minimum atomic E-state index is -0.242. The topological polar surface area (TPSA) is 54.3 Å². The number of halogens is 1. The lowest BCUT2D eigenvalue weighted by atomic mass is 9.87. The maximum absolute atomic E-state index is 12.0. The Morgan fingerprint density at radius 3 is 2.78 bits per heavy atom. The van der Waals surface area contributed by atoms with Gasteiger partial charge in [-0.05, 0) is 18.6 Å². The molecule has 0 spiro atoms. The van der Waals surface area contributed by atoms with Crippen molar-refractivity contribution in [1.82, 2.24) is 19.7 Å². The fraction of sp³-hybridized carbons (Fsp3) is 0.438. The Morgan fingerprint density at radius 2 is 2.09 bits per heavy atom. The Hall–Kier alpha value is -1.92. The van der Waals surface area contributed by atoms with Crippen molar-refractivity contribution in [3.8, 4) is 0 Å². The number of anilines is 1. The van der Waals surface area contributed by atoms with Gasteiger partial charge in [-0.25, -0.2) is 4.68 Å². The highest BCUT2D eigenvalue weighted by Crippen LogP contribution is 2.36. The van der Waals surface area contributed by atoms with Crippen LogP contribution < -0.4 is 10.5 Å². The average molecular weight is 332 g/mol. The molecule has 0 saturated carbocycles. The van der Waals surface area contributed by atoms with Crippen molar-refractivity contribution in [2.75, 3.05) is 18.0 Å². The van der Waals surface area contributed by atoms with Crippen molar-refractivity contribution in [2.24, 2.45) is 7.05 Å². The minimum absolute atomic E-state index is 0.242. The van der Waals surface area contributed by atoms with Crippen LogP contribution in [0, 0.1) is 0 Å². The second-order valence-corrected chi connectivity index (χ2v) is 6.59. The standard InChI is InChI=1S/C16H18ClN5O/c1-20-16(23)15(17)14(7-19-20)21-9-12-6-13(10-21)22(12)8-11-4-2-3-5-18-11/h2-5,7,12-13H,6,8-10H2,1H3. The predicted molar refractivity (Wildman–Crippen MR) is 88.7 cm³/mol. The van der Waals surface area contributed by atoms with Crippen LogP contribution in [-0.2, 0) is 13.6 Å². The van der Waals surface area contributed by atoms with Crippen LogP contribution in [0.2, 0.25) is 5.02 Å². The zero-order valence-electron chi connectivity index (χ0n) is 12.9. The molecular weight excluding hydrogens is 314 g/mol. The van der Waals surface area contributed by atoms with Crippen molar-refractivity contribution >= 4 is 17.3 Å². The minimum Gasteiger partial charge on any atom is -0.366 e. The molecule has 3 saturated heterocycles. The number of pyridine rings is 1. The van der Waals surface area contributed by atoms with Crippen molar-refractivity contribution in [3.63, 3.8) is 0 Å². The van der Waals surface area contributed by atoms with Gasteiger partial charge in [-0.15, -0.1) is 0 Å². The lowest BCUT2D eigenvalue weighted by Gasteiger charge is -2.56. The summed E-state index contributed by atoms with van der Waals surface area (Å²) < 4.78 is 1.27. The first kappa shape index (κ1) is 14.7. The van der Waals surface area contributed by atoms with Gasteiger partial charge in [0.2, 0.25) is 0 Å². The van der Waals surface area contributed by atoms with E-state index in [4.69, 9.17) is 11.6 Å². The maximum Gasteiger partial charge on any atom is 0.287 e. The Labute approximate surface area is 139 Å². The molecule has 5 rings (SSSR count). The van der Waals surface area contributed by atoms with E-state index in [1.54, 1.807) is 13.2 Å². The summed E-state index contributed by atoms with van der Waals surface area (Å²) in [5.74, 6) is 0. The first-order valence-corrected chi connectivity index (χ1v) is 8.13. The number of aryl methyl sites for hydroxylation is 1. The number of piperazine rings is 1. The van der Waals surface area contributed by atoms with Crippen LogP contribution in [-0.4, -0.2) is 44.8 Å². The molecule has 7 heteroatoms. The summed E-state index contributed by atoms with van der Waals surface area (Å²) in [6.45, 7) is 2.63. The Bertz CT molecular complexity index is 766. The molecule has 0 radical (unpaired) electrons. The van der Waals surface area contributed by atoms with Crippen LogP contribution in [0.4, 0.5) is 5.69 Å². The Morgan fingerprint density at radius 1 is 1.30 bits per heavy atom. The van der Waals surface area contributed by atoms with Crippen LogP contribution >= 0.6 is 11.6 Å². The highest BCUT2D eigenvalue weighted by atomic mass is 35.5. The van der Waals surface area contributed by atoms with Crippen molar-refractivity contribution < 1.29 is 0 Å². The molecular formula is C16H18ClN5O. The van der Waals surface area contributed by atoms with Crippen LogP contribution in [0.1, 0.15) is 12.1 Å². The number of aromatic nitrogens is 3. The SMILES string of the molecule is Cn1ncc(N2CC3CC(C2)N3Cc2ccccn2)c(Cl)c1=O. The van der Waals surface area contributed by atoms with Crippen LogP contribution in [0.5, 0.6) is 0 Å². The van der Waals surface area contributed by atoms with E-state index >= 15 is 0 Å². The summed E-state index contributed by atoms with van der Waals surface area (Å²) >= 11 is 6.22. The molecule has 6 nitrogen and oxygen atoms in total. The van der Waals surface area contributed by atoms with Crippen molar-refractivity contribution in [3.05, 3.63) is 51.7 Å². The molecule has 3 aliphatic heterocycles. The van der Waals surface area contributed by atoms with Gasteiger partial charge in [0, 0.05) is 45.0 Å². The lowest BCUT2D eigenvalue weighted by Crippen LogP contribution is -2.68. The normalized spacial score (nSPS) is 23.7. The molecule has 2 aromatic heterocycles. The van der Waals surface area contributed by atoms with E-state index in [1.807, 2.05) is 18.3 Å². The summed E-state index contributed by atoms with van der Waals surface area (Å²) in [5, 5.41) is 4.36. The van der Waals surface area contributed by atoms with E-state index in [9.17, 15) is 4.79 Å². The number of piperidine rings is 1. The van der Waals surface area contributed by atoms with E-state index in [0.29, 0.717) is 12.1 Å². The molecule has 3 aliphatic rings. The molecule has 2 bridgehead atoms. The average Bonchev–Trinajstić information content (AvgIpc) is 2.58. The molecule has 0 aromatic carbocycles. The van der Waals surface area contributed by atoms with Gasteiger partial charge < -0.3 is 4.90 Å². The molecule has 0 aliphatic carbocycles. The first-order chi connectivity index (χ1) is 11.1. The van der Waals surface area contributed by atoms with E-state index in [1.165, 1.54) is 11.1 Å².